The van der Waals surface area contributed by atoms with Crippen LogP contribution in [0.25, 0.3) is 11.1 Å². The molecule has 144 valence electrons. The monoisotopic (exact) mass is 403 g/mol. The zero-order valence-corrected chi connectivity index (χ0v) is 14.6. The molecule has 3 rings (SSSR count). The quantitative estimate of drug-likeness (QED) is 0.754. The Labute approximate surface area is 152 Å². The predicted octanol–water partition coefficient (Wildman–Crippen LogP) is 4.73. The summed E-state index contributed by atoms with van der Waals surface area (Å²) in [6.07, 6.45) is -3.07. The first kappa shape index (κ1) is 19.5. The number of alkyl halides is 3. The molecule has 0 atom stereocenters. The van der Waals surface area contributed by atoms with E-state index in [0.717, 1.165) is 24.3 Å². The summed E-state index contributed by atoms with van der Waals surface area (Å²) in [5.41, 5.74) is 0.605. The topological polar surface area (TPSA) is 60.2 Å². The lowest BCUT2D eigenvalue weighted by Crippen LogP contribution is -2.16. The molecule has 0 radical (unpaired) electrons. The summed E-state index contributed by atoms with van der Waals surface area (Å²) >= 11 is 0. The number of allylic oxidation sites excluding steroid dienone is 2. The van der Waals surface area contributed by atoms with E-state index in [1.165, 1.54) is 12.1 Å². The van der Waals surface area contributed by atoms with Crippen LogP contribution >= 0.6 is 0 Å². The summed E-state index contributed by atoms with van der Waals surface area (Å²) < 4.78 is 89.7. The number of nitrogens with two attached hydrogens (primary N) is 1. The van der Waals surface area contributed by atoms with Gasteiger partial charge in [0.25, 0.3) is 0 Å². The molecule has 2 aromatic rings. The minimum atomic E-state index is -4.58. The molecule has 3 nitrogen and oxygen atoms in total. The first-order chi connectivity index (χ1) is 12.5. The lowest BCUT2D eigenvalue weighted by Gasteiger charge is -2.13. The Kier molecular flexibility index (Phi) is 4.85. The third-order valence-electron chi connectivity index (χ3n) is 4.39. The molecular weight excluding hydrogens is 389 g/mol. The van der Waals surface area contributed by atoms with E-state index in [4.69, 9.17) is 5.14 Å². The van der Waals surface area contributed by atoms with Gasteiger partial charge in [-0.1, -0.05) is 12.1 Å². The molecule has 0 bridgehead atoms. The normalized spacial score (nSPS) is 15.5. The van der Waals surface area contributed by atoms with Crippen LogP contribution in [0.5, 0.6) is 0 Å². The molecule has 0 unspecified atom stereocenters. The first-order valence-corrected chi connectivity index (χ1v) is 9.45. The van der Waals surface area contributed by atoms with E-state index in [1.54, 1.807) is 0 Å². The van der Waals surface area contributed by atoms with E-state index >= 15 is 0 Å². The van der Waals surface area contributed by atoms with Crippen molar-refractivity contribution in [3.8, 4) is 0 Å². The summed E-state index contributed by atoms with van der Waals surface area (Å²) in [6.45, 7) is 0. The fourth-order valence-electron chi connectivity index (χ4n) is 3.27. The van der Waals surface area contributed by atoms with Gasteiger partial charge < -0.3 is 0 Å². The van der Waals surface area contributed by atoms with E-state index < -0.39 is 38.3 Å². The zero-order valence-electron chi connectivity index (χ0n) is 13.8. The number of hydrogen-bond acceptors (Lipinski definition) is 2. The Morgan fingerprint density at radius 2 is 1.44 bits per heavy atom. The molecule has 0 fully saturated rings. The number of halogens is 5. The highest BCUT2D eigenvalue weighted by Crippen LogP contribution is 2.42. The van der Waals surface area contributed by atoms with Crippen molar-refractivity contribution in [3.05, 3.63) is 64.7 Å². The summed E-state index contributed by atoms with van der Waals surface area (Å²) in [5.74, 6) is -2.68. The molecule has 27 heavy (non-hydrogen) atoms. The summed E-state index contributed by atoms with van der Waals surface area (Å²) in [6, 6.07) is 6.40. The molecule has 2 aromatic carbocycles. The fourth-order valence-corrected chi connectivity index (χ4v) is 3.93. The zero-order chi connectivity index (χ0) is 20.0. The Hall–Kier alpha value is -2.26. The van der Waals surface area contributed by atoms with Gasteiger partial charge >= 0.3 is 6.18 Å². The number of sulfonamides is 1. The predicted molar refractivity (Wildman–Crippen MR) is 89.8 cm³/mol. The fraction of sp³-hybridized carbons (Fsp3) is 0.222. The maximum Gasteiger partial charge on any atom is 0.416 e. The van der Waals surface area contributed by atoms with Crippen LogP contribution in [0, 0.1) is 11.6 Å². The largest absolute Gasteiger partial charge is 0.416 e. The van der Waals surface area contributed by atoms with Gasteiger partial charge in [-0.2, -0.15) is 13.2 Å². The second-order valence-electron chi connectivity index (χ2n) is 6.20. The van der Waals surface area contributed by atoms with Gasteiger partial charge in [0.15, 0.2) is 4.90 Å². The number of rotatable bonds is 3. The van der Waals surface area contributed by atoms with Gasteiger partial charge in [-0.15, -0.1) is 0 Å². The lowest BCUT2D eigenvalue weighted by molar-refractivity contribution is -0.137. The van der Waals surface area contributed by atoms with E-state index in [9.17, 15) is 30.4 Å². The first-order valence-electron chi connectivity index (χ1n) is 7.90. The van der Waals surface area contributed by atoms with E-state index in [0.29, 0.717) is 36.0 Å². The lowest BCUT2D eigenvalue weighted by atomic mass is 9.95. The van der Waals surface area contributed by atoms with Gasteiger partial charge in [-0.25, -0.2) is 22.3 Å². The molecule has 0 heterocycles. The van der Waals surface area contributed by atoms with Crippen molar-refractivity contribution in [1.82, 2.24) is 0 Å². The average Bonchev–Trinajstić information content (AvgIpc) is 3.01. The maximum absolute atomic E-state index is 14.1. The van der Waals surface area contributed by atoms with Crippen LogP contribution in [0.15, 0.2) is 41.3 Å². The third-order valence-corrected chi connectivity index (χ3v) is 5.35. The highest BCUT2D eigenvalue weighted by atomic mass is 32.2. The average molecular weight is 403 g/mol. The molecule has 2 N–H and O–H groups in total. The van der Waals surface area contributed by atoms with Crippen molar-refractivity contribution in [2.75, 3.05) is 0 Å². The van der Waals surface area contributed by atoms with Crippen molar-refractivity contribution in [1.29, 1.82) is 0 Å². The van der Waals surface area contributed by atoms with Crippen LogP contribution in [-0.4, -0.2) is 8.42 Å². The maximum atomic E-state index is 14.1. The van der Waals surface area contributed by atoms with Gasteiger partial charge in [0.05, 0.1) is 5.56 Å². The van der Waals surface area contributed by atoms with E-state index in [1.807, 2.05) is 0 Å². The Bertz CT molecular complexity index is 1020. The molecule has 0 aromatic heterocycles. The third kappa shape index (κ3) is 3.89. The minimum absolute atomic E-state index is 0.0855. The van der Waals surface area contributed by atoms with Gasteiger partial charge in [0, 0.05) is 0 Å². The highest BCUT2D eigenvalue weighted by Gasteiger charge is 2.31. The minimum Gasteiger partial charge on any atom is -0.224 e. The number of hydrogen-bond donors (Lipinski definition) is 1. The van der Waals surface area contributed by atoms with Crippen molar-refractivity contribution in [2.24, 2.45) is 5.14 Å². The smallest absolute Gasteiger partial charge is 0.224 e. The SMILES string of the molecule is NS(=O)(=O)c1c(F)cc(C2=C(c3cccc(C(F)(F)F)c3)CCC2)cc1F. The summed E-state index contributed by atoms with van der Waals surface area (Å²) in [7, 11) is -4.58. The summed E-state index contributed by atoms with van der Waals surface area (Å²) in [5, 5.41) is 4.81. The van der Waals surface area contributed by atoms with Crippen LogP contribution in [0.3, 0.4) is 0 Å². The van der Waals surface area contributed by atoms with Crippen molar-refractivity contribution < 1.29 is 30.4 Å². The Morgan fingerprint density at radius 1 is 0.889 bits per heavy atom. The summed E-state index contributed by atoms with van der Waals surface area (Å²) in [4.78, 5) is -1.23. The molecule has 0 saturated heterocycles. The van der Waals surface area contributed by atoms with Crippen LogP contribution in [0.2, 0.25) is 0 Å². The Morgan fingerprint density at radius 3 is 1.96 bits per heavy atom. The molecule has 0 saturated carbocycles. The van der Waals surface area contributed by atoms with E-state index in [-0.39, 0.29) is 5.56 Å². The van der Waals surface area contributed by atoms with Crippen LogP contribution in [-0.2, 0) is 16.2 Å². The molecule has 0 spiro atoms. The number of primary sulfonamides is 1. The van der Waals surface area contributed by atoms with Crippen LogP contribution in [0.4, 0.5) is 22.0 Å². The van der Waals surface area contributed by atoms with Crippen molar-refractivity contribution >= 4 is 21.2 Å². The van der Waals surface area contributed by atoms with Gasteiger partial charge in [0.1, 0.15) is 11.6 Å². The molecule has 9 heteroatoms. The second kappa shape index (κ2) is 6.72. The molecule has 0 aliphatic heterocycles. The van der Waals surface area contributed by atoms with Gasteiger partial charge in [0.2, 0.25) is 10.0 Å². The van der Waals surface area contributed by atoms with Crippen LogP contribution in [0.1, 0.15) is 36.0 Å². The van der Waals surface area contributed by atoms with Gasteiger partial charge in [-0.05, 0) is 65.8 Å². The standard InChI is InChI=1S/C18H14F5NO2S/c19-15-8-11(9-16(20)17(15)27(24,25)26)14-6-2-5-13(14)10-3-1-4-12(7-10)18(21,22)23/h1,3-4,7-9H,2,5-6H2,(H2,24,25,26). The van der Waals surface area contributed by atoms with Crippen molar-refractivity contribution in [3.63, 3.8) is 0 Å². The Balaban J connectivity index is 2.14. The molecule has 0 amide bonds. The van der Waals surface area contributed by atoms with E-state index in [2.05, 4.69) is 0 Å². The molecule has 1 aliphatic rings. The van der Waals surface area contributed by atoms with Gasteiger partial charge in [-0.3, -0.25) is 0 Å². The van der Waals surface area contributed by atoms with Crippen LogP contribution < -0.4 is 5.14 Å². The molecule has 1 aliphatic carbocycles. The van der Waals surface area contributed by atoms with Crippen molar-refractivity contribution in [2.45, 2.75) is 30.3 Å². The number of benzene rings is 2. The highest BCUT2D eigenvalue weighted by molar-refractivity contribution is 7.89. The molecular formula is C18H14F5NO2S. The second-order valence-corrected chi connectivity index (χ2v) is 7.70.